The molecule has 1 amide bonds. The van der Waals surface area contributed by atoms with Gasteiger partial charge in [0.25, 0.3) is 5.91 Å². The molecule has 146 valence electrons. The molecule has 3 rings (SSSR count). The van der Waals surface area contributed by atoms with E-state index in [0.717, 1.165) is 35.7 Å². The highest BCUT2D eigenvalue weighted by Crippen LogP contribution is 2.32. The minimum absolute atomic E-state index is 0.360. The molecule has 28 heavy (non-hydrogen) atoms. The predicted octanol–water partition coefficient (Wildman–Crippen LogP) is 3.69. The van der Waals surface area contributed by atoms with Crippen molar-refractivity contribution < 1.29 is 14.3 Å². The molecule has 1 aliphatic carbocycles. The number of pyridine rings is 1. The van der Waals surface area contributed by atoms with Gasteiger partial charge in [0.05, 0.1) is 22.8 Å². The number of nitrogens with zero attached hydrogens (tertiary/aromatic N) is 3. The average molecular weight is 379 g/mol. The Kier molecular flexibility index (Phi) is 5.64. The molecule has 1 aromatic heterocycles. The largest absolute Gasteiger partial charge is 0.452 e. The Labute approximate surface area is 165 Å². The summed E-state index contributed by atoms with van der Waals surface area (Å²) in [6.45, 7) is 3.23. The van der Waals surface area contributed by atoms with Crippen LogP contribution in [0, 0.1) is 25.2 Å². The van der Waals surface area contributed by atoms with E-state index in [0.29, 0.717) is 24.1 Å². The van der Waals surface area contributed by atoms with E-state index in [-0.39, 0.29) is 12.5 Å². The number of esters is 1. The van der Waals surface area contributed by atoms with Gasteiger partial charge in [-0.2, -0.15) is 5.26 Å². The maximum atomic E-state index is 12.7. The fraction of sp³-hybridized carbons (Fsp3) is 0.455. The number of carbonyl (C=O) groups is 2. The Balaban J connectivity index is 1.74. The van der Waals surface area contributed by atoms with E-state index < -0.39 is 11.5 Å². The number of amides is 1. The molecular formula is C22H25N3O3. The molecule has 0 N–H and O–H groups in total. The zero-order chi connectivity index (χ0) is 20.3. The van der Waals surface area contributed by atoms with Crippen molar-refractivity contribution in [3.05, 3.63) is 41.1 Å². The van der Waals surface area contributed by atoms with E-state index >= 15 is 0 Å². The van der Waals surface area contributed by atoms with Gasteiger partial charge in [0.15, 0.2) is 6.61 Å². The van der Waals surface area contributed by atoms with E-state index in [2.05, 4.69) is 11.1 Å². The zero-order valence-electron chi connectivity index (χ0n) is 16.6. The molecule has 1 saturated carbocycles. The maximum absolute atomic E-state index is 12.7. The molecule has 1 heterocycles. The summed E-state index contributed by atoms with van der Waals surface area (Å²) in [5, 5.41) is 10.5. The van der Waals surface area contributed by atoms with Gasteiger partial charge in [0.1, 0.15) is 5.54 Å². The molecule has 0 saturated heterocycles. The van der Waals surface area contributed by atoms with Crippen LogP contribution in [0.5, 0.6) is 0 Å². The number of aryl methyl sites for hydroxylation is 2. The van der Waals surface area contributed by atoms with Gasteiger partial charge < -0.3 is 9.64 Å². The number of carbonyl (C=O) groups excluding carboxylic acids is 2. The Morgan fingerprint density at radius 3 is 2.57 bits per heavy atom. The first-order valence-electron chi connectivity index (χ1n) is 9.60. The number of rotatable bonds is 4. The number of ether oxygens (including phenoxy) is 1. The van der Waals surface area contributed by atoms with Crippen molar-refractivity contribution in [3.8, 4) is 6.07 Å². The fourth-order valence-corrected chi connectivity index (χ4v) is 4.03. The lowest BCUT2D eigenvalue weighted by molar-refractivity contribution is -0.138. The topological polar surface area (TPSA) is 83.3 Å². The lowest BCUT2D eigenvalue weighted by Crippen LogP contribution is -2.51. The molecule has 0 bridgehead atoms. The predicted molar refractivity (Wildman–Crippen MR) is 106 cm³/mol. The Hall–Kier alpha value is -2.94. The summed E-state index contributed by atoms with van der Waals surface area (Å²) in [6, 6.07) is 9.91. The molecular weight excluding hydrogens is 354 g/mol. The molecule has 6 heteroatoms. The molecule has 0 radical (unpaired) electrons. The van der Waals surface area contributed by atoms with Gasteiger partial charge in [-0.3, -0.25) is 9.78 Å². The van der Waals surface area contributed by atoms with Crippen LogP contribution in [0.25, 0.3) is 10.9 Å². The van der Waals surface area contributed by atoms with Crippen molar-refractivity contribution in [1.82, 2.24) is 9.88 Å². The minimum Gasteiger partial charge on any atom is -0.452 e. The molecule has 1 aliphatic rings. The molecule has 2 aromatic rings. The van der Waals surface area contributed by atoms with Gasteiger partial charge in [-0.05, 0) is 38.3 Å². The summed E-state index contributed by atoms with van der Waals surface area (Å²) in [6.07, 6.45) is 4.24. The number of likely N-dealkylation sites (N-methyl/N-ethyl adjacent to an activating group) is 1. The summed E-state index contributed by atoms with van der Waals surface area (Å²) in [5.41, 5.74) is 1.77. The second-order valence-electron chi connectivity index (χ2n) is 7.45. The normalized spacial score (nSPS) is 15.6. The molecule has 1 aromatic carbocycles. The molecule has 0 atom stereocenters. The molecule has 0 spiro atoms. The lowest BCUT2D eigenvalue weighted by Gasteiger charge is -2.38. The standard InChI is InChI=1S/C22H25N3O3/c1-15-17-9-5-6-10-18(17)24-16(2)20(15)21(27)28-13-19(26)25(3)22(14-23)11-7-4-8-12-22/h5-6,9-10H,4,7-8,11-13H2,1-3H3. The Morgan fingerprint density at radius 1 is 1.21 bits per heavy atom. The van der Waals surface area contributed by atoms with Crippen LogP contribution >= 0.6 is 0 Å². The van der Waals surface area contributed by atoms with Gasteiger partial charge in [0.2, 0.25) is 0 Å². The van der Waals surface area contributed by atoms with Gasteiger partial charge in [-0.15, -0.1) is 0 Å². The number of para-hydroxylation sites is 1. The second kappa shape index (κ2) is 7.97. The number of benzene rings is 1. The van der Waals surface area contributed by atoms with Crippen LogP contribution in [-0.4, -0.2) is 41.0 Å². The van der Waals surface area contributed by atoms with Gasteiger partial charge >= 0.3 is 5.97 Å². The van der Waals surface area contributed by atoms with Crippen LogP contribution in [0.2, 0.25) is 0 Å². The van der Waals surface area contributed by atoms with Crippen LogP contribution in [0.15, 0.2) is 24.3 Å². The quantitative estimate of drug-likeness (QED) is 0.757. The first-order valence-corrected chi connectivity index (χ1v) is 9.60. The Morgan fingerprint density at radius 2 is 1.89 bits per heavy atom. The van der Waals surface area contributed by atoms with E-state index in [9.17, 15) is 14.9 Å². The third-order valence-corrected chi connectivity index (χ3v) is 5.77. The highest BCUT2D eigenvalue weighted by atomic mass is 16.5. The first kappa shape index (κ1) is 19.8. The third-order valence-electron chi connectivity index (χ3n) is 5.77. The highest BCUT2D eigenvalue weighted by Gasteiger charge is 2.39. The summed E-state index contributed by atoms with van der Waals surface area (Å²) in [7, 11) is 1.62. The van der Waals surface area contributed by atoms with Gasteiger partial charge in [0, 0.05) is 12.4 Å². The van der Waals surface area contributed by atoms with E-state index in [1.807, 2.05) is 31.2 Å². The molecule has 6 nitrogen and oxygen atoms in total. The van der Waals surface area contributed by atoms with E-state index in [1.54, 1.807) is 14.0 Å². The molecule has 0 aliphatic heterocycles. The first-order chi connectivity index (χ1) is 13.4. The van der Waals surface area contributed by atoms with Crippen LogP contribution in [0.1, 0.15) is 53.7 Å². The van der Waals surface area contributed by atoms with Crippen LogP contribution in [0.3, 0.4) is 0 Å². The average Bonchev–Trinajstić information content (AvgIpc) is 2.72. The lowest BCUT2D eigenvalue weighted by atomic mass is 9.81. The second-order valence-corrected chi connectivity index (χ2v) is 7.45. The van der Waals surface area contributed by atoms with E-state index in [1.165, 1.54) is 4.90 Å². The minimum atomic E-state index is -0.794. The number of fused-ring (bicyclic) bond motifs is 1. The van der Waals surface area contributed by atoms with E-state index in [4.69, 9.17) is 4.74 Å². The third kappa shape index (κ3) is 3.57. The number of aromatic nitrogens is 1. The SMILES string of the molecule is Cc1nc2ccccc2c(C)c1C(=O)OCC(=O)N(C)C1(C#N)CCCCC1. The number of hydrogen-bond acceptors (Lipinski definition) is 5. The highest BCUT2D eigenvalue weighted by molar-refractivity contribution is 5.99. The van der Waals surface area contributed by atoms with Crippen LogP contribution in [0.4, 0.5) is 0 Å². The van der Waals surface area contributed by atoms with Crippen molar-refractivity contribution in [2.45, 2.75) is 51.5 Å². The zero-order valence-corrected chi connectivity index (χ0v) is 16.6. The van der Waals surface area contributed by atoms with Crippen molar-refractivity contribution in [3.63, 3.8) is 0 Å². The fourth-order valence-electron chi connectivity index (χ4n) is 4.03. The van der Waals surface area contributed by atoms with Gasteiger partial charge in [-0.1, -0.05) is 37.5 Å². The molecule has 1 fully saturated rings. The number of nitriles is 1. The maximum Gasteiger partial charge on any atom is 0.340 e. The summed E-state index contributed by atoms with van der Waals surface area (Å²) in [5.74, 6) is -0.925. The van der Waals surface area contributed by atoms with Crippen molar-refractivity contribution in [2.24, 2.45) is 0 Å². The Bertz CT molecular complexity index is 955. The summed E-state index contributed by atoms with van der Waals surface area (Å²) >= 11 is 0. The molecule has 0 unspecified atom stereocenters. The van der Waals surface area contributed by atoms with Crippen molar-refractivity contribution >= 4 is 22.8 Å². The summed E-state index contributed by atoms with van der Waals surface area (Å²) in [4.78, 5) is 31.2. The van der Waals surface area contributed by atoms with Crippen LogP contribution in [-0.2, 0) is 9.53 Å². The van der Waals surface area contributed by atoms with Crippen molar-refractivity contribution in [2.75, 3.05) is 13.7 Å². The van der Waals surface area contributed by atoms with Crippen molar-refractivity contribution in [1.29, 1.82) is 5.26 Å². The van der Waals surface area contributed by atoms with Gasteiger partial charge in [-0.25, -0.2) is 4.79 Å². The van der Waals surface area contributed by atoms with Crippen LogP contribution < -0.4 is 0 Å². The summed E-state index contributed by atoms with van der Waals surface area (Å²) < 4.78 is 5.32. The smallest absolute Gasteiger partial charge is 0.340 e. The monoisotopic (exact) mass is 379 g/mol. The number of hydrogen-bond donors (Lipinski definition) is 0.